The Morgan fingerprint density at radius 1 is 0.700 bits per heavy atom. The molecule has 0 heterocycles. The summed E-state index contributed by atoms with van der Waals surface area (Å²) in [5, 5.41) is 34.2. The summed E-state index contributed by atoms with van der Waals surface area (Å²) >= 11 is 0. The van der Waals surface area contributed by atoms with Crippen molar-refractivity contribution in [1.29, 1.82) is 0 Å². The van der Waals surface area contributed by atoms with Crippen LogP contribution in [0.3, 0.4) is 0 Å². The zero-order valence-corrected chi connectivity index (χ0v) is 7.18. The lowest BCUT2D eigenvalue weighted by molar-refractivity contribution is 0.288. The molecule has 0 aromatic rings. The Bertz CT molecular complexity index is 60.1. The third-order valence-corrected chi connectivity index (χ3v) is 3.60. The highest BCUT2D eigenvalue weighted by molar-refractivity contribution is 7.75. The molecule has 6 heteroatoms. The number of aliphatic hydroxyl groups excluding tert-OH is 4. The molecule has 0 bridgehead atoms. The molecule has 0 aliphatic carbocycles. The van der Waals surface area contributed by atoms with Crippen LogP contribution in [0.5, 0.6) is 0 Å². The Morgan fingerprint density at radius 3 is 0.900 bits per heavy atom. The molecule has 4 nitrogen and oxygen atoms in total. The molecule has 65 valence electrons. The van der Waals surface area contributed by atoms with Crippen molar-refractivity contribution < 1.29 is 20.4 Å². The van der Waals surface area contributed by atoms with Gasteiger partial charge < -0.3 is 20.4 Å². The quantitative estimate of drug-likeness (QED) is 0.440. The largest absolute Gasteiger partial charge is 0.392 e. The molecular formula is C4H13ClO4P. The maximum atomic E-state index is 8.55. The van der Waals surface area contributed by atoms with Crippen molar-refractivity contribution in [2.75, 3.05) is 25.4 Å². The number of halogens is 1. The fourth-order valence-electron chi connectivity index (χ4n) is 0.268. The van der Waals surface area contributed by atoms with E-state index in [9.17, 15) is 0 Å². The zero-order chi connectivity index (χ0) is 7.33. The molecule has 0 atom stereocenters. The number of aliphatic hydroxyl groups is 4. The lowest BCUT2D eigenvalue weighted by Crippen LogP contribution is -2.10. The van der Waals surface area contributed by atoms with Gasteiger partial charge in [-0.05, 0) is 7.26 Å². The summed E-state index contributed by atoms with van der Waals surface area (Å²) in [6.07, 6.45) is -1.18. The maximum Gasteiger partial charge on any atom is 0.0653 e. The molecule has 1 radical (unpaired) electrons. The van der Waals surface area contributed by atoms with Gasteiger partial charge >= 0.3 is 0 Å². The Morgan fingerprint density at radius 2 is 0.900 bits per heavy atom. The van der Waals surface area contributed by atoms with Gasteiger partial charge in [-0.25, -0.2) is 0 Å². The van der Waals surface area contributed by atoms with E-state index in [0.29, 0.717) is 0 Å². The van der Waals surface area contributed by atoms with E-state index in [1.807, 2.05) is 0 Å². The summed E-state index contributed by atoms with van der Waals surface area (Å²) in [6.45, 7) is 0. The summed E-state index contributed by atoms with van der Waals surface area (Å²) < 4.78 is 0. The molecule has 0 saturated heterocycles. The van der Waals surface area contributed by atoms with E-state index < -0.39 is 7.26 Å². The first kappa shape index (κ1) is 13.2. The van der Waals surface area contributed by atoms with Crippen LogP contribution in [0.15, 0.2) is 0 Å². The highest BCUT2D eigenvalue weighted by Gasteiger charge is 2.23. The van der Waals surface area contributed by atoms with Gasteiger partial charge in [-0.15, -0.1) is 12.4 Å². The molecule has 0 amide bonds. The van der Waals surface area contributed by atoms with Gasteiger partial charge in [0.1, 0.15) is 0 Å². The van der Waals surface area contributed by atoms with Crippen molar-refractivity contribution in [3.63, 3.8) is 0 Å². The molecule has 0 rings (SSSR count). The molecule has 0 spiro atoms. The first-order valence-corrected chi connectivity index (χ1v) is 5.06. The predicted octanol–water partition coefficient (Wildman–Crippen LogP) is -0.775. The van der Waals surface area contributed by atoms with Crippen LogP contribution < -0.4 is 0 Å². The molecule has 0 fully saturated rings. The Labute approximate surface area is 66.2 Å². The summed E-state index contributed by atoms with van der Waals surface area (Å²) in [7, 11) is -2.20. The fourth-order valence-corrected chi connectivity index (χ4v) is 0.805. The standard InChI is InChI=1S/C4H12O4P.ClH/c5-1-9(2-6,3-7)4-8;/h5-8H,1-4H2;1H. The van der Waals surface area contributed by atoms with Crippen molar-refractivity contribution in [2.24, 2.45) is 0 Å². The fraction of sp³-hybridized carbons (Fsp3) is 1.00. The third-order valence-electron chi connectivity index (χ3n) is 1.20. The first-order chi connectivity index (χ1) is 4.24. The lowest BCUT2D eigenvalue weighted by Gasteiger charge is -2.26. The molecule has 0 aliphatic heterocycles. The van der Waals surface area contributed by atoms with Crippen molar-refractivity contribution in [2.45, 2.75) is 0 Å². The SMILES string of the molecule is Cl.OC[P](CO)(CO)CO. The van der Waals surface area contributed by atoms with Crippen LogP contribution in [0, 0.1) is 0 Å². The van der Waals surface area contributed by atoms with Crippen LogP contribution >= 0.6 is 19.7 Å². The van der Waals surface area contributed by atoms with Crippen LogP contribution in [0.25, 0.3) is 0 Å². The molecule has 0 aliphatic rings. The van der Waals surface area contributed by atoms with Crippen molar-refractivity contribution in [3.8, 4) is 0 Å². The van der Waals surface area contributed by atoms with Gasteiger partial charge in [0, 0.05) is 0 Å². The van der Waals surface area contributed by atoms with E-state index in [-0.39, 0.29) is 37.8 Å². The summed E-state index contributed by atoms with van der Waals surface area (Å²) in [4.78, 5) is 0. The molecular weight excluding hydrogens is 178 g/mol. The van der Waals surface area contributed by atoms with Gasteiger partial charge in [0.15, 0.2) is 0 Å². The average Bonchev–Trinajstić information content (AvgIpc) is 1.95. The van der Waals surface area contributed by atoms with E-state index in [2.05, 4.69) is 0 Å². The molecule has 0 saturated carbocycles. The maximum absolute atomic E-state index is 8.55. The number of hydrogen-bond acceptors (Lipinski definition) is 4. The Balaban J connectivity index is 0. The highest BCUT2D eigenvalue weighted by atomic mass is 35.5. The predicted molar refractivity (Wildman–Crippen MR) is 42.5 cm³/mol. The number of rotatable bonds is 4. The van der Waals surface area contributed by atoms with Gasteiger partial charge in [-0.1, -0.05) is 0 Å². The zero-order valence-electron chi connectivity index (χ0n) is 5.47. The summed E-state index contributed by atoms with van der Waals surface area (Å²) in [6, 6.07) is 0. The van der Waals surface area contributed by atoms with Crippen LogP contribution in [-0.2, 0) is 0 Å². The third kappa shape index (κ3) is 3.10. The van der Waals surface area contributed by atoms with Crippen LogP contribution in [-0.4, -0.2) is 45.8 Å². The highest BCUT2D eigenvalue weighted by Crippen LogP contribution is 2.54. The van der Waals surface area contributed by atoms with Gasteiger partial charge in [0.2, 0.25) is 0 Å². The second-order valence-electron chi connectivity index (χ2n) is 1.91. The molecule has 0 aromatic carbocycles. The van der Waals surface area contributed by atoms with Crippen LogP contribution in [0.4, 0.5) is 0 Å². The van der Waals surface area contributed by atoms with E-state index in [1.165, 1.54) is 0 Å². The van der Waals surface area contributed by atoms with Crippen LogP contribution in [0.1, 0.15) is 0 Å². The van der Waals surface area contributed by atoms with Gasteiger partial charge in [0.25, 0.3) is 0 Å². The van der Waals surface area contributed by atoms with Gasteiger partial charge in [-0.2, -0.15) is 0 Å². The minimum absolute atomic E-state index is 0. The van der Waals surface area contributed by atoms with Crippen molar-refractivity contribution >= 4 is 19.7 Å². The second kappa shape index (κ2) is 6.28. The van der Waals surface area contributed by atoms with E-state index in [4.69, 9.17) is 20.4 Å². The smallest absolute Gasteiger partial charge is 0.0653 e. The summed E-state index contributed by atoms with van der Waals surface area (Å²) in [5.41, 5.74) is 0. The average molecular weight is 192 g/mol. The minimum Gasteiger partial charge on any atom is -0.392 e. The molecule has 0 unspecified atom stereocenters. The van der Waals surface area contributed by atoms with E-state index in [1.54, 1.807) is 0 Å². The molecule has 10 heavy (non-hydrogen) atoms. The monoisotopic (exact) mass is 191 g/mol. The van der Waals surface area contributed by atoms with Gasteiger partial charge in [-0.3, -0.25) is 0 Å². The van der Waals surface area contributed by atoms with Crippen molar-refractivity contribution in [3.05, 3.63) is 0 Å². The Kier molecular flexibility index (Phi) is 8.27. The second-order valence-corrected chi connectivity index (χ2v) is 5.72. The normalized spacial score (nSPS) is 10.8. The van der Waals surface area contributed by atoms with Crippen molar-refractivity contribution in [1.82, 2.24) is 0 Å². The lowest BCUT2D eigenvalue weighted by atomic mass is 11.6. The molecule has 4 N–H and O–H groups in total. The van der Waals surface area contributed by atoms with E-state index >= 15 is 0 Å². The Hall–Kier alpha value is 0.560. The molecule has 0 aromatic heterocycles. The van der Waals surface area contributed by atoms with E-state index in [0.717, 1.165) is 0 Å². The minimum atomic E-state index is -2.20. The topological polar surface area (TPSA) is 80.9 Å². The first-order valence-electron chi connectivity index (χ1n) is 2.53. The number of hydrogen-bond donors (Lipinski definition) is 4. The summed E-state index contributed by atoms with van der Waals surface area (Å²) in [5.74, 6) is 0. The van der Waals surface area contributed by atoms with Crippen LogP contribution in [0.2, 0.25) is 0 Å². The van der Waals surface area contributed by atoms with Gasteiger partial charge in [0.05, 0.1) is 25.4 Å².